The molecule has 1 amide bonds. The number of amides is 1. The number of carbonyl (C=O) groups is 1. The number of methoxy groups -OCH3 is 1. The number of hydrogen-bond acceptors (Lipinski definition) is 2. The molecular formula is C20H23NO2. The summed E-state index contributed by atoms with van der Waals surface area (Å²) in [5.41, 5.74) is 3.22. The maximum absolute atomic E-state index is 12.2. The first-order valence-electron chi connectivity index (χ1n) is 7.82. The van der Waals surface area contributed by atoms with Gasteiger partial charge in [0.1, 0.15) is 5.75 Å². The highest BCUT2D eigenvalue weighted by Crippen LogP contribution is 2.19. The lowest BCUT2D eigenvalue weighted by Crippen LogP contribution is -2.26. The Bertz CT molecular complexity index is 674. The Morgan fingerprint density at radius 3 is 2.52 bits per heavy atom. The van der Waals surface area contributed by atoms with Gasteiger partial charge in [0.2, 0.25) is 5.91 Å². The lowest BCUT2D eigenvalue weighted by molar-refractivity contribution is -0.117. The van der Waals surface area contributed by atoms with Crippen molar-refractivity contribution in [2.75, 3.05) is 7.11 Å². The maximum atomic E-state index is 12.2. The van der Waals surface area contributed by atoms with Crippen molar-refractivity contribution < 1.29 is 9.53 Å². The highest BCUT2D eigenvalue weighted by atomic mass is 16.5. The molecule has 0 aliphatic heterocycles. The van der Waals surface area contributed by atoms with Crippen molar-refractivity contribution in [3.05, 3.63) is 71.3 Å². The van der Waals surface area contributed by atoms with E-state index in [0.29, 0.717) is 0 Å². The average molecular weight is 309 g/mol. The first-order chi connectivity index (χ1) is 11.1. The fourth-order valence-electron chi connectivity index (χ4n) is 2.41. The molecule has 0 bridgehead atoms. The van der Waals surface area contributed by atoms with E-state index in [0.717, 1.165) is 23.3 Å². The third-order valence-corrected chi connectivity index (χ3v) is 3.76. The second-order valence-electron chi connectivity index (χ2n) is 5.46. The summed E-state index contributed by atoms with van der Waals surface area (Å²) in [6, 6.07) is 15.9. The third-order valence-electron chi connectivity index (χ3n) is 3.76. The predicted octanol–water partition coefficient (Wildman–Crippen LogP) is 4.28. The van der Waals surface area contributed by atoms with Crippen LogP contribution in [0, 0.1) is 6.92 Å². The molecule has 0 saturated heterocycles. The molecule has 120 valence electrons. The number of aryl methyl sites for hydroxylation is 1. The van der Waals surface area contributed by atoms with E-state index in [4.69, 9.17) is 4.74 Å². The summed E-state index contributed by atoms with van der Waals surface area (Å²) in [6.45, 7) is 4.12. The second-order valence-corrected chi connectivity index (χ2v) is 5.46. The number of rotatable bonds is 6. The topological polar surface area (TPSA) is 38.3 Å². The maximum Gasteiger partial charge on any atom is 0.244 e. The molecule has 0 aromatic heterocycles. The van der Waals surface area contributed by atoms with Crippen LogP contribution in [0.5, 0.6) is 5.75 Å². The Hall–Kier alpha value is -2.55. The van der Waals surface area contributed by atoms with Crippen molar-refractivity contribution >= 4 is 12.0 Å². The number of carbonyl (C=O) groups excluding carboxylic acids is 1. The van der Waals surface area contributed by atoms with E-state index in [1.807, 2.05) is 24.3 Å². The van der Waals surface area contributed by atoms with E-state index in [2.05, 4.69) is 43.4 Å². The molecular weight excluding hydrogens is 286 g/mol. The van der Waals surface area contributed by atoms with Gasteiger partial charge in [-0.3, -0.25) is 4.79 Å². The zero-order valence-corrected chi connectivity index (χ0v) is 13.9. The van der Waals surface area contributed by atoms with Crippen LogP contribution in [0.1, 0.15) is 36.1 Å². The minimum Gasteiger partial charge on any atom is -0.496 e. The molecule has 3 nitrogen and oxygen atoms in total. The van der Waals surface area contributed by atoms with Crippen LogP contribution in [-0.2, 0) is 4.79 Å². The second kappa shape index (κ2) is 8.18. The molecule has 2 rings (SSSR count). The summed E-state index contributed by atoms with van der Waals surface area (Å²) in [7, 11) is 1.62. The van der Waals surface area contributed by atoms with Crippen molar-refractivity contribution in [3.8, 4) is 5.75 Å². The summed E-state index contributed by atoms with van der Waals surface area (Å²) < 4.78 is 5.28. The fraction of sp³-hybridized carbons (Fsp3) is 0.250. The van der Waals surface area contributed by atoms with Crippen LogP contribution in [0.3, 0.4) is 0 Å². The molecule has 0 spiro atoms. The summed E-state index contributed by atoms with van der Waals surface area (Å²) in [4.78, 5) is 12.2. The van der Waals surface area contributed by atoms with Crippen LogP contribution in [0.2, 0.25) is 0 Å². The lowest BCUT2D eigenvalue weighted by atomic mass is 10.0. The van der Waals surface area contributed by atoms with Crippen molar-refractivity contribution in [2.45, 2.75) is 26.3 Å². The van der Waals surface area contributed by atoms with Gasteiger partial charge in [0.25, 0.3) is 0 Å². The molecule has 0 heterocycles. The van der Waals surface area contributed by atoms with Crippen LogP contribution < -0.4 is 10.1 Å². The summed E-state index contributed by atoms with van der Waals surface area (Å²) in [5, 5.41) is 3.04. The van der Waals surface area contributed by atoms with E-state index in [1.165, 1.54) is 5.56 Å². The average Bonchev–Trinajstić information content (AvgIpc) is 2.59. The first kappa shape index (κ1) is 16.8. The molecule has 0 aliphatic carbocycles. The van der Waals surface area contributed by atoms with Crippen molar-refractivity contribution in [3.63, 3.8) is 0 Å². The largest absolute Gasteiger partial charge is 0.496 e. The minimum atomic E-state index is -0.108. The van der Waals surface area contributed by atoms with Crippen LogP contribution in [-0.4, -0.2) is 13.0 Å². The van der Waals surface area contributed by atoms with Gasteiger partial charge in [0.15, 0.2) is 0 Å². The lowest BCUT2D eigenvalue weighted by Gasteiger charge is -2.16. The van der Waals surface area contributed by atoms with Crippen molar-refractivity contribution in [1.82, 2.24) is 5.32 Å². The Balaban J connectivity index is 2.05. The molecule has 0 aliphatic rings. The van der Waals surface area contributed by atoms with E-state index >= 15 is 0 Å². The third kappa shape index (κ3) is 4.71. The van der Waals surface area contributed by atoms with Gasteiger partial charge in [0, 0.05) is 11.6 Å². The van der Waals surface area contributed by atoms with Gasteiger partial charge >= 0.3 is 0 Å². The van der Waals surface area contributed by atoms with Crippen LogP contribution >= 0.6 is 0 Å². The Morgan fingerprint density at radius 1 is 1.17 bits per heavy atom. The number of hydrogen-bond donors (Lipinski definition) is 1. The molecule has 0 fully saturated rings. The van der Waals surface area contributed by atoms with E-state index in [-0.39, 0.29) is 11.9 Å². The Labute approximate surface area is 138 Å². The van der Waals surface area contributed by atoms with Crippen molar-refractivity contribution in [2.24, 2.45) is 0 Å². The van der Waals surface area contributed by atoms with Crippen LogP contribution in [0.4, 0.5) is 0 Å². The van der Waals surface area contributed by atoms with Gasteiger partial charge in [0.05, 0.1) is 13.2 Å². The molecule has 2 aromatic rings. The highest BCUT2D eigenvalue weighted by molar-refractivity contribution is 5.92. The zero-order valence-electron chi connectivity index (χ0n) is 13.9. The summed E-state index contributed by atoms with van der Waals surface area (Å²) in [5.74, 6) is 0.644. The summed E-state index contributed by atoms with van der Waals surface area (Å²) in [6.07, 6.45) is 4.17. The fourth-order valence-corrected chi connectivity index (χ4v) is 2.41. The molecule has 23 heavy (non-hydrogen) atoms. The minimum absolute atomic E-state index is 0.0189. The van der Waals surface area contributed by atoms with E-state index in [1.54, 1.807) is 19.3 Å². The number of para-hydroxylation sites is 1. The van der Waals surface area contributed by atoms with E-state index in [9.17, 15) is 4.79 Å². The molecule has 1 atom stereocenters. The van der Waals surface area contributed by atoms with Crippen molar-refractivity contribution in [1.29, 1.82) is 0 Å². The Morgan fingerprint density at radius 2 is 1.87 bits per heavy atom. The zero-order chi connectivity index (χ0) is 16.7. The van der Waals surface area contributed by atoms with Crippen LogP contribution in [0.25, 0.3) is 6.08 Å². The van der Waals surface area contributed by atoms with Gasteiger partial charge in [-0.05, 0) is 31.1 Å². The monoisotopic (exact) mass is 309 g/mol. The SMILES string of the molecule is CC[C@H](NC(=O)/C=C/c1ccccc1OC)c1ccc(C)cc1. The molecule has 0 saturated carbocycles. The van der Waals surface area contributed by atoms with E-state index < -0.39 is 0 Å². The number of ether oxygens (including phenoxy) is 1. The molecule has 1 N–H and O–H groups in total. The molecule has 2 aromatic carbocycles. The molecule has 3 heteroatoms. The first-order valence-corrected chi connectivity index (χ1v) is 7.82. The molecule has 0 unspecified atom stereocenters. The van der Waals surface area contributed by atoms with Gasteiger partial charge in [-0.15, -0.1) is 0 Å². The standard InChI is InChI=1S/C20H23NO2/c1-4-18(16-11-9-15(2)10-12-16)21-20(22)14-13-17-7-5-6-8-19(17)23-3/h5-14,18H,4H2,1-3H3,(H,21,22)/b14-13+/t18-/m0/s1. The van der Waals surface area contributed by atoms with Gasteiger partial charge < -0.3 is 10.1 Å². The quantitative estimate of drug-likeness (QED) is 0.809. The van der Waals surface area contributed by atoms with Gasteiger partial charge in [-0.25, -0.2) is 0 Å². The Kier molecular flexibility index (Phi) is 5.98. The highest BCUT2D eigenvalue weighted by Gasteiger charge is 2.10. The normalized spacial score (nSPS) is 12.1. The summed E-state index contributed by atoms with van der Waals surface area (Å²) >= 11 is 0. The predicted molar refractivity (Wildman–Crippen MR) is 94.4 cm³/mol. The van der Waals surface area contributed by atoms with Crippen LogP contribution in [0.15, 0.2) is 54.6 Å². The van der Waals surface area contributed by atoms with Gasteiger partial charge in [-0.2, -0.15) is 0 Å². The number of nitrogens with one attached hydrogen (secondary N) is 1. The number of benzene rings is 2. The molecule has 0 radical (unpaired) electrons. The smallest absolute Gasteiger partial charge is 0.244 e. The van der Waals surface area contributed by atoms with Gasteiger partial charge in [-0.1, -0.05) is 55.0 Å².